The van der Waals surface area contributed by atoms with Crippen LogP contribution in [0, 0.1) is 17.8 Å². The minimum absolute atomic E-state index is 0.176. The fraction of sp³-hybridized carbons (Fsp3) is 0.375. The van der Waals surface area contributed by atoms with Crippen LogP contribution in [-0.4, -0.2) is 15.0 Å². The Morgan fingerprint density at radius 3 is 1.28 bits per heavy atom. The maximum absolute atomic E-state index is 11.5. The number of benzene rings is 5. The van der Waals surface area contributed by atoms with Crippen molar-refractivity contribution < 1.29 is 23.0 Å². The Hall–Kier alpha value is -4.03. The molecule has 0 radical (unpaired) electrons. The Kier molecular flexibility index (Phi) is 13.8. The molecule has 3 nitrogen and oxygen atoms in total. The molecule has 318 valence electrons. The molecular formula is C56H67MoN2OP. The van der Waals surface area contributed by atoms with Crippen LogP contribution in [0.1, 0.15) is 111 Å². The monoisotopic (exact) mass is 912 g/mol. The van der Waals surface area contributed by atoms with Crippen LogP contribution in [0.2, 0.25) is 0 Å². The van der Waals surface area contributed by atoms with Crippen molar-refractivity contribution in [3.63, 3.8) is 0 Å². The second-order valence-electron chi connectivity index (χ2n) is 20.4. The van der Waals surface area contributed by atoms with Gasteiger partial charge in [-0.05, 0) is 59.4 Å². The molecule has 4 saturated carbocycles. The molecule has 6 aromatic rings. The largest absolute Gasteiger partial charge is 0.670 e. The summed E-state index contributed by atoms with van der Waals surface area (Å²) in [6.07, 6.45) is 12.3. The topological polar surface area (TPSA) is 46.7 Å². The number of phenols is 1. The fourth-order valence-electron chi connectivity index (χ4n) is 10.4. The van der Waals surface area contributed by atoms with E-state index >= 15 is 0 Å². The first-order valence-corrected chi connectivity index (χ1v) is 26.2. The van der Waals surface area contributed by atoms with Crippen LogP contribution in [0.15, 0.2) is 161 Å². The third-order valence-electron chi connectivity index (χ3n) is 13.1. The van der Waals surface area contributed by atoms with E-state index in [1.165, 1.54) is 65.3 Å². The van der Waals surface area contributed by atoms with Crippen molar-refractivity contribution in [2.45, 2.75) is 116 Å². The quantitative estimate of drug-likeness (QED) is 0.128. The fourth-order valence-corrected chi connectivity index (χ4v) is 16.9. The second kappa shape index (κ2) is 18.8. The zero-order valence-electron chi connectivity index (χ0n) is 37.8. The van der Waals surface area contributed by atoms with E-state index in [1.807, 2.05) is 12.1 Å². The van der Waals surface area contributed by atoms with Gasteiger partial charge in [0.15, 0.2) is 0 Å². The number of hydrogen-bond donors (Lipinski definition) is 1. The van der Waals surface area contributed by atoms with E-state index in [4.69, 9.17) is 3.50 Å². The Morgan fingerprint density at radius 1 is 0.557 bits per heavy atom. The molecule has 10 rings (SSSR count). The summed E-state index contributed by atoms with van der Waals surface area (Å²) < 4.78 is 7.96. The maximum atomic E-state index is 11.5. The van der Waals surface area contributed by atoms with Crippen LogP contribution in [0.5, 0.6) is 5.75 Å². The van der Waals surface area contributed by atoms with Gasteiger partial charge < -0.3 is 10.1 Å². The summed E-state index contributed by atoms with van der Waals surface area (Å²) in [5.74, 6) is 3.48. The van der Waals surface area contributed by atoms with Crippen LogP contribution in [0.25, 0.3) is 0 Å². The summed E-state index contributed by atoms with van der Waals surface area (Å²) in [6, 6.07) is 52.0. The summed E-state index contributed by atoms with van der Waals surface area (Å²) in [7, 11) is -2.23. The standard InChI is InChI=1S/C32H35OP.C10H15N.C10H12.C4H4N.Mo/c1-31(2,3)28-22-27(23-29(30(28)33)32(4,5)6)34(24-16-10-7-11-17-24,25-18-12-8-13-19-25)26-20-14-9-15-21-26;11-10-4-7-1-8(5-10)3-9(2-7)6-10;1-10(2,3)9-7-5-4-6-8-9;1-2-4-5-3-1;/h7-23H,1-6H3;7-9H,1-6H2;1,4-8H,2-3H3;1-4H;/q;;;-1;/p+1. The van der Waals surface area contributed by atoms with Crippen molar-refractivity contribution in [2.75, 3.05) is 0 Å². The first-order valence-electron chi connectivity index (χ1n) is 22.3. The van der Waals surface area contributed by atoms with Crippen molar-refractivity contribution in [3.8, 4) is 5.75 Å². The van der Waals surface area contributed by atoms with Crippen LogP contribution in [0.3, 0.4) is 0 Å². The van der Waals surface area contributed by atoms with E-state index in [2.05, 4.69) is 198 Å². The molecule has 4 aliphatic carbocycles. The zero-order valence-corrected chi connectivity index (χ0v) is 40.7. The van der Waals surface area contributed by atoms with Gasteiger partial charge in [-0.3, -0.25) is 0 Å². The molecule has 4 bridgehead atoms. The van der Waals surface area contributed by atoms with Crippen LogP contribution < -0.4 is 26.2 Å². The van der Waals surface area contributed by atoms with Gasteiger partial charge in [0.2, 0.25) is 0 Å². The smallest absolute Gasteiger partial charge is 0.0860 e. The Morgan fingerprint density at radius 2 is 0.934 bits per heavy atom. The third-order valence-corrected chi connectivity index (χ3v) is 20.3. The molecule has 61 heavy (non-hydrogen) atoms. The van der Waals surface area contributed by atoms with E-state index in [1.54, 1.807) is 12.4 Å². The van der Waals surface area contributed by atoms with Gasteiger partial charge >= 0.3 is 143 Å². The van der Waals surface area contributed by atoms with E-state index in [-0.39, 0.29) is 34.2 Å². The summed E-state index contributed by atoms with van der Waals surface area (Å²) in [5, 5.41) is 16.7. The zero-order chi connectivity index (χ0) is 43.3. The number of phenolic OH excluding ortho intramolecular Hbond substituents is 1. The molecule has 1 aromatic heterocycles. The van der Waals surface area contributed by atoms with Gasteiger partial charge in [-0.1, -0.05) is 108 Å². The molecule has 0 amide bonds. The van der Waals surface area contributed by atoms with Crippen molar-refractivity contribution in [1.82, 2.24) is 4.98 Å². The minimum atomic E-state index is -2.23. The predicted octanol–water partition coefficient (Wildman–Crippen LogP) is 12.3. The first-order chi connectivity index (χ1) is 29.1. The van der Waals surface area contributed by atoms with Crippen molar-refractivity contribution in [3.05, 3.63) is 175 Å². The molecule has 1 N–H and O–H groups in total. The van der Waals surface area contributed by atoms with Gasteiger partial charge in [0, 0.05) is 11.1 Å². The second-order valence-corrected chi connectivity index (χ2v) is 25.4. The molecule has 0 atom stereocenters. The minimum Gasteiger partial charge on any atom is -0.670 e. The summed E-state index contributed by atoms with van der Waals surface area (Å²) >= 11 is -0.353. The SMILES string of the molecule is CC(C)(C)c1cc([P+](c2ccccc2)(c2ccccc2)c2ccccc2)cc(C(C)(C)C)c1O.CC(C)([CH]=[Mo]=[N]C12CC3CC(CC(C3)C1)C2)c1ccccc1.c1cc[n-]c1. The van der Waals surface area contributed by atoms with Crippen molar-refractivity contribution >= 4 is 32.9 Å². The number of aromatic hydroxyl groups is 1. The van der Waals surface area contributed by atoms with Crippen molar-refractivity contribution in [2.24, 2.45) is 21.2 Å². The molecule has 0 aliphatic heterocycles. The van der Waals surface area contributed by atoms with Gasteiger partial charge in [-0.25, -0.2) is 0 Å². The van der Waals surface area contributed by atoms with Gasteiger partial charge in [0.25, 0.3) is 0 Å². The van der Waals surface area contributed by atoms with Crippen molar-refractivity contribution in [1.29, 1.82) is 0 Å². The number of aromatic nitrogens is 1. The Labute approximate surface area is 376 Å². The molecule has 0 unspecified atom stereocenters. The normalized spacial score (nSPS) is 20.7. The molecule has 0 saturated heterocycles. The van der Waals surface area contributed by atoms with Gasteiger partial charge in [-0.2, -0.15) is 12.4 Å². The summed E-state index contributed by atoms with van der Waals surface area (Å²) in [4.78, 5) is 3.72. The Bertz CT molecular complexity index is 2190. The van der Waals surface area contributed by atoms with Gasteiger partial charge in [-0.15, -0.1) is 0 Å². The van der Waals surface area contributed by atoms with E-state index in [9.17, 15) is 5.11 Å². The maximum Gasteiger partial charge on any atom is -0.0860 e. The van der Waals surface area contributed by atoms with Gasteiger partial charge in [0.1, 0.15) is 34.2 Å². The number of hydrogen-bond acceptors (Lipinski definition) is 2. The van der Waals surface area contributed by atoms with E-state index in [0.717, 1.165) is 28.9 Å². The first kappa shape index (κ1) is 45.0. The average molecular weight is 911 g/mol. The summed E-state index contributed by atoms with van der Waals surface area (Å²) in [5.41, 5.74) is 3.64. The molecular weight excluding hydrogens is 844 g/mol. The number of rotatable bonds is 7. The predicted molar refractivity (Wildman–Crippen MR) is 259 cm³/mol. The molecule has 0 spiro atoms. The van der Waals surface area contributed by atoms with Gasteiger partial charge in [0.05, 0.1) is 0 Å². The average Bonchev–Trinajstić information content (AvgIpc) is 3.83. The number of nitrogens with zero attached hydrogens (tertiary/aromatic N) is 2. The summed E-state index contributed by atoms with van der Waals surface area (Å²) in [6.45, 7) is 17.8. The molecule has 5 aromatic carbocycles. The molecule has 5 heteroatoms. The van der Waals surface area contributed by atoms with Crippen LogP contribution in [-0.2, 0) is 34.2 Å². The van der Waals surface area contributed by atoms with Crippen LogP contribution >= 0.6 is 7.26 Å². The molecule has 4 fully saturated rings. The van der Waals surface area contributed by atoms with E-state index in [0.29, 0.717) is 11.3 Å². The third kappa shape index (κ3) is 10.3. The van der Waals surface area contributed by atoms with Crippen LogP contribution in [0.4, 0.5) is 0 Å². The Balaban J connectivity index is 0.000000176. The van der Waals surface area contributed by atoms with E-state index < -0.39 is 7.26 Å². The molecule has 1 heterocycles. The molecule has 4 aliphatic rings.